The molecule has 0 radical (unpaired) electrons. The molecule has 108 valence electrons. The molecule has 9 heteroatoms. The number of nitrogens with zero attached hydrogens (tertiary/aromatic N) is 2. The van der Waals surface area contributed by atoms with Crippen LogP contribution in [0.4, 0.5) is 19.0 Å². The van der Waals surface area contributed by atoms with Crippen molar-refractivity contribution in [3.8, 4) is 0 Å². The fourth-order valence-electron chi connectivity index (χ4n) is 1.46. The average Bonchev–Trinajstić information content (AvgIpc) is 2.45. The summed E-state index contributed by atoms with van der Waals surface area (Å²) in [6.07, 6.45) is 2.18. The van der Waals surface area contributed by atoms with Crippen LogP contribution in [0.25, 0.3) is 0 Å². The van der Waals surface area contributed by atoms with E-state index in [1.165, 1.54) is 0 Å². The first-order chi connectivity index (χ1) is 9.91. The Balaban J connectivity index is 2.36. The topological polar surface area (TPSA) is 92.2 Å². The predicted molar refractivity (Wildman–Crippen MR) is 63.3 cm³/mol. The smallest absolute Gasteiger partial charge is 0.358 e. The van der Waals surface area contributed by atoms with E-state index in [1.54, 1.807) is 0 Å². The van der Waals surface area contributed by atoms with Gasteiger partial charge in [-0.1, -0.05) is 0 Å². The predicted octanol–water partition coefficient (Wildman–Crippen LogP) is 1.84. The van der Waals surface area contributed by atoms with Gasteiger partial charge in [0.25, 0.3) is 5.91 Å². The first-order valence-electron chi connectivity index (χ1n) is 5.41. The van der Waals surface area contributed by atoms with Gasteiger partial charge in [-0.15, -0.1) is 0 Å². The maximum atomic E-state index is 13.4. The molecule has 0 fully saturated rings. The highest BCUT2D eigenvalue weighted by Crippen LogP contribution is 2.17. The Morgan fingerprint density at radius 1 is 1.05 bits per heavy atom. The fourth-order valence-corrected chi connectivity index (χ4v) is 1.46. The SMILES string of the molecule is O=C(Nc1nccnc1C(=O)O)c1ccc(F)c(F)c1F. The van der Waals surface area contributed by atoms with Crippen LogP contribution in [0.15, 0.2) is 24.5 Å². The van der Waals surface area contributed by atoms with Crippen molar-refractivity contribution in [3.63, 3.8) is 0 Å². The van der Waals surface area contributed by atoms with Crippen LogP contribution in [0.1, 0.15) is 20.8 Å². The second kappa shape index (κ2) is 5.57. The van der Waals surface area contributed by atoms with Crippen LogP contribution >= 0.6 is 0 Å². The van der Waals surface area contributed by atoms with E-state index in [0.717, 1.165) is 18.5 Å². The molecule has 0 bridgehead atoms. The van der Waals surface area contributed by atoms with E-state index < -0.39 is 46.4 Å². The summed E-state index contributed by atoms with van der Waals surface area (Å²) in [7, 11) is 0. The zero-order chi connectivity index (χ0) is 15.6. The number of carboxylic acid groups (broad SMARTS) is 1. The van der Waals surface area contributed by atoms with Gasteiger partial charge >= 0.3 is 5.97 Å². The summed E-state index contributed by atoms with van der Waals surface area (Å²) in [5, 5.41) is 10.8. The summed E-state index contributed by atoms with van der Waals surface area (Å²) in [5.41, 5.74) is -1.37. The second-order valence-corrected chi connectivity index (χ2v) is 3.74. The van der Waals surface area contributed by atoms with E-state index in [1.807, 2.05) is 5.32 Å². The molecule has 6 nitrogen and oxygen atoms in total. The fraction of sp³-hybridized carbons (Fsp3) is 0. The van der Waals surface area contributed by atoms with Crippen LogP contribution in [0.2, 0.25) is 0 Å². The lowest BCUT2D eigenvalue weighted by Gasteiger charge is -2.07. The van der Waals surface area contributed by atoms with Crippen molar-refractivity contribution in [2.45, 2.75) is 0 Å². The normalized spacial score (nSPS) is 10.2. The van der Waals surface area contributed by atoms with Gasteiger partial charge in [0, 0.05) is 12.4 Å². The van der Waals surface area contributed by atoms with E-state index >= 15 is 0 Å². The minimum absolute atomic E-state index is 0.445. The number of halogens is 3. The molecule has 2 N–H and O–H groups in total. The Morgan fingerprint density at radius 3 is 2.38 bits per heavy atom. The first kappa shape index (κ1) is 14.4. The third kappa shape index (κ3) is 2.81. The van der Waals surface area contributed by atoms with Crippen molar-refractivity contribution in [2.24, 2.45) is 0 Å². The highest BCUT2D eigenvalue weighted by atomic mass is 19.2. The molecule has 1 aromatic carbocycles. The summed E-state index contributed by atoms with van der Waals surface area (Å²) in [4.78, 5) is 29.7. The standard InChI is InChI=1S/C12H6F3N3O3/c13-6-2-1-5(7(14)8(6)15)11(19)18-10-9(12(20)21)16-3-4-17-10/h1-4H,(H,20,21)(H,17,18,19). The van der Waals surface area contributed by atoms with Crippen LogP contribution in [-0.2, 0) is 0 Å². The highest BCUT2D eigenvalue weighted by Gasteiger charge is 2.21. The van der Waals surface area contributed by atoms with E-state index in [4.69, 9.17) is 5.11 Å². The molecule has 2 rings (SSSR count). The molecule has 2 aromatic rings. The molecule has 0 atom stereocenters. The number of carboxylic acids is 1. The van der Waals surface area contributed by atoms with E-state index in [-0.39, 0.29) is 0 Å². The minimum Gasteiger partial charge on any atom is -0.476 e. The first-order valence-corrected chi connectivity index (χ1v) is 5.41. The van der Waals surface area contributed by atoms with Crippen molar-refractivity contribution in [1.82, 2.24) is 9.97 Å². The maximum absolute atomic E-state index is 13.4. The molecular weight excluding hydrogens is 291 g/mol. The van der Waals surface area contributed by atoms with Crippen molar-refractivity contribution in [3.05, 3.63) is 53.2 Å². The van der Waals surface area contributed by atoms with Crippen LogP contribution in [0, 0.1) is 17.5 Å². The number of aromatic nitrogens is 2. The third-order valence-corrected chi connectivity index (χ3v) is 2.41. The summed E-state index contributed by atoms with van der Waals surface area (Å²) in [6.45, 7) is 0. The van der Waals surface area contributed by atoms with Gasteiger partial charge in [-0.2, -0.15) is 0 Å². The Labute approximate surface area is 115 Å². The molecule has 0 aliphatic carbocycles. The van der Waals surface area contributed by atoms with Gasteiger partial charge < -0.3 is 10.4 Å². The van der Waals surface area contributed by atoms with Crippen LogP contribution in [0.5, 0.6) is 0 Å². The lowest BCUT2D eigenvalue weighted by Crippen LogP contribution is -2.19. The molecule has 0 saturated carbocycles. The summed E-state index contributed by atoms with van der Waals surface area (Å²) in [5.74, 6) is -8.04. The number of nitrogens with one attached hydrogen (secondary N) is 1. The van der Waals surface area contributed by atoms with Gasteiger partial charge in [-0.25, -0.2) is 27.9 Å². The number of benzene rings is 1. The number of carbonyl (C=O) groups excluding carboxylic acids is 1. The molecular formula is C12H6F3N3O3. The van der Waals surface area contributed by atoms with Crippen LogP contribution < -0.4 is 5.32 Å². The van der Waals surface area contributed by atoms with Crippen molar-refractivity contribution >= 4 is 17.7 Å². The molecule has 1 amide bonds. The van der Waals surface area contributed by atoms with E-state index in [2.05, 4.69) is 9.97 Å². The molecule has 0 spiro atoms. The maximum Gasteiger partial charge on any atom is 0.358 e. The minimum atomic E-state index is -1.81. The zero-order valence-electron chi connectivity index (χ0n) is 10.1. The van der Waals surface area contributed by atoms with E-state index in [9.17, 15) is 22.8 Å². The number of anilines is 1. The summed E-state index contributed by atoms with van der Waals surface area (Å²) < 4.78 is 39.3. The monoisotopic (exact) mass is 297 g/mol. The average molecular weight is 297 g/mol. The van der Waals surface area contributed by atoms with Crippen molar-refractivity contribution in [1.29, 1.82) is 0 Å². The molecule has 1 heterocycles. The third-order valence-electron chi connectivity index (χ3n) is 2.41. The molecule has 1 aromatic heterocycles. The van der Waals surface area contributed by atoms with Gasteiger partial charge in [0.05, 0.1) is 5.56 Å². The number of aromatic carboxylic acids is 1. The van der Waals surface area contributed by atoms with Crippen LogP contribution in [-0.4, -0.2) is 27.0 Å². The molecule has 0 aliphatic heterocycles. The lowest BCUT2D eigenvalue weighted by atomic mass is 10.2. The molecule has 21 heavy (non-hydrogen) atoms. The van der Waals surface area contributed by atoms with Gasteiger partial charge in [0.2, 0.25) is 0 Å². The molecule has 0 saturated heterocycles. The highest BCUT2D eigenvalue weighted by molar-refractivity contribution is 6.06. The zero-order valence-corrected chi connectivity index (χ0v) is 10.1. The van der Waals surface area contributed by atoms with Gasteiger partial charge in [-0.05, 0) is 12.1 Å². The van der Waals surface area contributed by atoms with Crippen molar-refractivity contribution < 1.29 is 27.9 Å². The van der Waals surface area contributed by atoms with Gasteiger partial charge in [0.1, 0.15) is 0 Å². The molecule has 0 unspecified atom stereocenters. The Bertz CT molecular complexity index is 737. The summed E-state index contributed by atoms with van der Waals surface area (Å²) in [6, 6.07) is 1.29. The number of hydrogen-bond donors (Lipinski definition) is 2. The number of hydrogen-bond acceptors (Lipinski definition) is 4. The second-order valence-electron chi connectivity index (χ2n) is 3.74. The molecule has 0 aliphatic rings. The number of rotatable bonds is 3. The van der Waals surface area contributed by atoms with Gasteiger partial charge in [-0.3, -0.25) is 4.79 Å². The Morgan fingerprint density at radius 2 is 1.71 bits per heavy atom. The lowest BCUT2D eigenvalue weighted by molar-refractivity contribution is 0.0691. The number of carbonyl (C=O) groups is 2. The van der Waals surface area contributed by atoms with Crippen LogP contribution in [0.3, 0.4) is 0 Å². The Kier molecular flexibility index (Phi) is 3.83. The summed E-state index contributed by atoms with van der Waals surface area (Å²) >= 11 is 0. The largest absolute Gasteiger partial charge is 0.476 e. The van der Waals surface area contributed by atoms with Crippen molar-refractivity contribution in [2.75, 3.05) is 5.32 Å². The number of amides is 1. The van der Waals surface area contributed by atoms with Gasteiger partial charge in [0.15, 0.2) is 29.0 Å². The quantitative estimate of drug-likeness (QED) is 0.843. The Hall–Kier alpha value is -2.97. The van der Waals surface area contributed by atoms with E-state index in [0.29, 0.717) is 6.07 Å².